The summed E-state index contributed by atoms with van der Waals surface area (Å²) < 4.78 is 0. The number of carbonyl (C=O) groups is 1. The molecule has 4 nitrogen and oxygen atoms in total. The highest BCUT2D eigenvalue weighted by molar-refractivity contribution is 5.94. The van der Waals surface area contributed by atoms with Gasteiger partial charge in [0.15, 0.2) is 0 Å². The van der Waals surface area contributed by atoms with Gasteiger partial charge in [-0.3, -0.25) is 4.79 Å². The fourth-order valence-corrected chi connectivity index (χ4v) is 2.50. The lowest BCUT2D eigenvalue weighted by molar-refractivity contribution is -0.117. The summed E-state index contributed by atoms with van der Waals surface area (Å²) in [5.41, 5.74) is 7.77. The average molecular weight is 275 g/mol. The van der Waals surface area contributed by atoms with Gasteiger partial charge in [-0.15, -0.1) is 0 Å². The van der Waals surface area contributed by atoms with Crippen LogP contribution in [0.2, 0.25) is 0 Å². The molecule has 0 spiro atoms. The van der Waals surface area contributed by atoms with Crippen LogP contribution in [0, 0.1) is 0 Å². The SMILES string of the molecule is CC[C@@H](N)C(=O)Nc1ccc(N2CCCCCC2)cc1. The van der Waals surface area contributed by atoms with Crippen molar-refractivity contribution in [3.63, 3.8) is 0 Å². The molecule has 1 atom stereocenters. The molecule has 20 heavy (non-hydrogen) atoms. The zero-order valence-corrected chi connectivity index (χ0v) is 12.3. The van der Waals surface area contributed by atoms with Crippen LogP contribution < -0.4 is 16.0 Å². The van der Waals surface area contributed by atoms with Crippen LogP contribution in [0.4, 0.5) is 11.4 Å². The number of hydrogen-bond donors (Lipinski definition) is 2. The maximum Gasteiger partial charge on any atom is 0.241 e. The first-order valence-corrected chi connectivity index (χ1v) is 7.62. The Morgan fingerprint density at radius 3 is 2.35 bits per heavy atom. The average Bonchev–Trinajstić information content (AvgIpc) is 2.76. The van der Waals surface area contributed by atoms with E-state index in [0.29, 0.717) is 6.42 Å². The fourth-order valence-electron chi connectivity index (χ4n) is 2.50. The molecule has 3 N–H and O–H groups in total. The van der Waals surface area contributed by atoms with Gasteiger partial charge in [0.2, 0.25) is 5.91 Å². The molecule has 0 bridgehead atoms. The molecule has 4 heteroatoms. The number of nitrogens with one attached hydrogen (secondary N) is 1. The van der Waals surface area contributed by atoms with E-state index in [1.54, 1.807) is 0 Å². The summed E-state index contributed by atoms with van der Waals surface area (Å²) in [6.07, 6.45) is 5.85. The lowest BCUT2D eigenvalue weighted by Gasteiger charge is -2.23. The van der Waals surface area contributed by atoms with Crippen LogP contribution in [0.3, 0.4) is 0 Å². The van der Waals surface area contributed by atoms with Crippen molar-refractivity contribution in [3.05, 3.63) is 24.3 Å². The van der Waals surface area contributed by atoms with Crippen molar-refractivity contribution in [2.75, 3.05) is 23.3 Å². The third-order valence-corrected chi connectivity index (χ3v) is 3.88. The second-order valence-electron chi connectivity index (χ2n) is 5.45. The van der Waals surface area contributed by atoms with Crippen LogP contribution in [-0.4, -0.2) is 25.0 Å². The van der Waals surface area contributed by atoms with Crippen LogP contribution >= 0.6 is 0 Å². The van der Waals surface area contributed by atoms with Crippen LogP contribution in [0.5, 0.6) is 0 Å². The highest BCUT2D eigenvalue weighted by atomic mass is 16.2. The zero-order valence-electron chi connectivity index (χ0n) is 12.3. The first-order chi connectivity index (χ1) is 9.70. The van der Waals surface area contributed by atoms with Gasteiger partial charge in [-0.2, -0.15) is 0 Å². The molecule has 1 heterocycles. The molecule has 0 aliphatic carbocycles. The van der Waals surface area contributed by atoms with Gasteiger partial charge in [0.05, 0.1) is 6.04 Å². The smallest absolute Gasteiger partial charge is 0.241 e. The Bertz CT molecular complexity index is 422. The Morgan fingerprint density at radius 1 is 1.20 bits per heavy atom. The molecule has 0 saturated carbocycles. The molecule has 1 aliphatic heterocycles. The van der Waals surface area contributed by atoms with E-state index in [1.807, 2.05) is 19.1 Å². The van der Waals surface area contributed by atoms with Crippen LogP contribution in [0.25, 0.3) is 0 Å². The summed E-state index contributed by atoms with van der Waals surface area (Å²) in [6, 6.07) is 7.65. The molecule has 0 radical (unpaired) electrons. The van der Waals surface area contributed by atoms with E-state index in [4.69, 9.17) is 5.73 Å². The number of nitrogens with zero attached hydrogens (tertiary/aromatic N) is 1. The first-order valence-electron chi connectivity index (χ1n) is 7.62. The quantitative estimate of drug-likeness (QED) is 0.888. The van der Waals surface area contributed by atoms with Gasteiger partial charge < -0.3 is 16.0 Å². The highest BCUT2D eigenvalue weighted by Gasteiger charge is 2.12. The Labute approximate surface area is 121 Å². The maximum atomic E-state index is 11.7. The molecule has 1 fully saturated rings. The molecule has 1 aromatic rings. The number of nitrogens with two attached hydrogens (primary N) is 1. The van der Waals surface area contributed by atoms with Crippen molar-refractivity contribution < 1.29 is 4.79 Å². The Kier molecular flexibility index (Phi) is 5.41. The third kappa shape index (κ3) is 3.97. The molecule has 110 valence electrons. The van der Waals surface area contributed by atoms with E-state index in [9.17, 15) is 4.79 Å². The standard InChI is InChI=1S/C16H25N3O/c1-2-15(17)16(20)18-13-7-9-14(10-8-13)19-11-5-3-4-6-12-19/h7-10,15H,2-6,11-12,17H2,1H3,(H,18,20)/t15-/m1/s1. The molecule has 1 aliphatic rings. The largest absolute Gasteiger partial charge is 0.372 e. The molecule has 2 rings (SSSR count). The molecule has 1 saturated heterocycles. The predicted octanol–water partition coefficient (Wildman–Crippen LogP) is 2.74. The van der Waals surface area contributed by atoms with E-state index in [1.165, 1.54) is 31.4 Å². The molecule has 1 aromatic carbocycles. The minimum absolute atomic E-state index is 0.116. The second kappa shape index (κ2) is 7.29. The van der Waals surface area contributed by atoms with Crippen molar-refractivity contribution >= 4 is 17.3 Å². The number of rotatable bonds is 4. The van der Waals surface area contributed by atoms with Gasteiger partial charge in [0.1, 0.15) is 0 Å². The minimum atomic E-state index is -0.430. The number of amides is 1. The number of benzene rings is 1. The molecule has 0 aromatic heterocycles. The van der Waals surface area contributed by atoms with E-state index >= 15 is 0 Å². The lowest BCUT2D eigenvalue weighted by atomic mass is 10.2. The van der Waals surface area contributed by atoms with Gasteiger partial charge >= 0.3 is 0 Å². The van der Waals surface area contributed by atoms with Gasteiger partial charge in [-0.1, -0.05) is 19.8 Å². The van der Waals surface area contributed by atoms with Crippen molar-refractivity contribution in [1.29, 1.82) is 0 Å². The summed E-state index contributed by atoms with van der Waals surface area (Å²) >= 11 is 0. The van der Waals surface area contributed by atoms with Crippen molar-refractivity contribution in [3.8, 4) is 0 Å². The highest BCUT2D eigenvalue weighted by Crippen LogP contribution is 2.21. The number of carbonyl (C=O) groups excluding carboxylic acids is 1. The van der Waals surface area contributed by atoms with Crippen LogP contribution in [0.1, 0.15) is 39.0 Å². The van der Waals surface area contributed by atoms with E-state index in [2.05, 4.69) is 22.3 Å². The fraction of sp³-hybridized carbons (Fsp3) is 0.562. The zero-order chi connectivity index (χ0) is 14.4. The minimum Gasteiger partial charge on any atom is -0.372 e. The first kappa shape index (κ1) is 14.9. The Morgan fingerprint density at radius 2 is 1.80 bits per heavy atom. The topological polar surface area (TPSA) is 58.4 Å². The van der Waals surface area contributed by atoms with E-state index < -0.39 is 6.04 Å². The Hall–Kier alpha value is -1.55. The second-order valence-corrected chi connectivity index (χ2v) is 5.45. The van der Waals surface area contributed by atoms with E-state index in [-0.39, 0.29) is 5.91 Å². The van der Waals surface area contributed by atoms with Crippen molar-refractivity contribution in [1.82, 2.24) is 0 Å². The summed E-state index contributed by atoms with van der Waals surface area (Å²) in [5.74, 6) is -0.116. The summed E-state index contributed by atoms with van der Waals surface area (Å²) in [4.78, 5) is 14.2. The summed E-state index contributed by atoms with van der Waals surface area (Å²) in [7, 11) is 0. The summed E-state index contributed by atoms with van der Waals surface area (Å²) in [5, 5.41) is 2.85. The van der Waals surface area contributed by atoms with Crippen molar-refractivity contribution in [2.45, 2.75) is 45.1 Å². The third-order valence-electron chi connectivity index (χ3n) is 3.88. The van der Waals surface area contributed by atoms with Crippen molar-refractivity contribution in [2.24, 2.45) is 5.73 Å². The van der Waals surface area contributed by atoms with Gasteiger partial charge in [0.25, 0.3) is 0 Å². The van der Waals surface area contributed by atoms with Crippen LogP contribution in [-0.2, 0) is 4.79 Å². The van der Waals surface area contributed by atoms with E-state index in [0.717, 1.165) is 18.8 Å². The number of hydrogen-bond acceptors (Lipinski definition) is 3. The van der Waals surface area contributed by atoms with Gasteiger partial charge in [0, 0.05) is 24.5 Å². The molecular weight excluding hydrogens is 250 g/mol. The van der Waals surface area contributed by atoms with Gasteiger partial charge in [-0.25, -0.2) is 0 Å². The normalized spacial score (nSPS) is 17.4. The molecular formula is C16H25N3O. The van der Waals surface area contributed by atoms with Gasteiger partial charge in [-0.05, 0) is 43.5 Å². The molecule has 0 unspecified atom stereocenters. The summed E-state index contributed by atoms with van der Waals surface area (Å²) in [6.45, 7) is 4.17. The van der Waals surface area contributed by atoms with Crippen LogP contribution in [0.15, 0.2) is 24.3 Å². The monoisotopic (exact) mass is 275 g/mol. The number of anilines is 2. The maximum absolute atomic E-state index is 11.7. The molecule has 1 amide bonds. The lowest BCUT2D eigenvalue weighted by Crippen LogP contribution is -2.34. The Balaban J connectivity index is 1.97. The predicted molar refractivity (Wildman–Crippen MR) is 84.0 cm³/mol.